The van der Waals surface area contributed by atoms with Crippen LogP contribution >= 0.6 is 0 Å². The van der Waals surface area contributed by atoms with Crippen LogP contribution in [0.2, 0.25) is 0 Å². The summed E-state index contributed by atoms with van der Waals surface area (Å²) in [5.74, 6) is -1.78. The Balaban J connectivity index is 4.19. The van der Waals surface area contributed by atoms with Crippen LogP contribution in [0.25, 0.3) is 0 Å². The number of aldehydes is 1. The molecule has 0 aliphatic carbocycles. The van der Waals surface area contributed by atoms with Crippen molar-refractivity contribution in [2.45, 2.75) is 73.1 Å². The van der Waals surface area contributed by atoms with Gasteiger partial charge in [-0.25, -0.2) is 9.59 Å². The first kappa shape index (κ1) is 27.3. The second-order valence-electron chi connectivity index (χ2n) is 7.60. The van der Waals surface area contributed by atoms with Crippen LogP contribution in [-0.2, 0) is 19.1 Å². The predicted octanol–water partition coefficient (Wildman–Crippen LogP) is 5.89. The lowest BCUT2D eigenvalue weighted by atomic mass is 10.0. The number of rotatable bonds is 14. The minimum atomic E-state index is -1.16. The molecule has 0 aromatic rings. The van der Waals surface area contributed by atoms with Gasteiger partial charge < -0.3 is 9.84 Å². The van der Waals surface area contributed by atoms with Crippen molar-refractivity contribution in [3.05, 3.63) is 58.2 Å². The van der Waals surface area contributed by atoms with Gasteiger partial charge in [-0.05, 0) is 84.8 Å². The molecule has 5 nitrogen and oxygen atoms in total. The van der Waals surface area contributed by atoms with Gasteiger partial charge in [0.2, 0.25) is 0 Å². The smallest absolute Gasteiger partial charge is 0.334 e. The number of esters is 1. The quantitative estimate of drug-likeness (QED) is 0.165. The normalized spacial score (nSPS) is 14.0. The molecule has 0 unspecified atom stereocenters. The van der Waals surface area contributed by atoms with Crippen molar-refractivity contribution in [3.63, 3.8) is 0 Å². The number of allylic oxidation sites excluding steroid dienone is 7. The molecule has 0 aromatic heterocycles. The van der Waals surface area contributed by atoms with Crippen molar-refractivity contribution in [2.75, 3.05) is 6.61 Å². The molecular weight excluding hydrogens is 380 g/mol. The fourth-order valence-electron chi connectivity index (χ4n) is 2.59. The molecule has 1 N–H and O–H groups in total. The largest absolute Gasteiger partial charge is 0.478 e. The Morgan fingerprint density at radius 2 is 1.23 bits per heavy atom. The summed E-state index contributed by atoms with van der Waals surface area (Å²) in [6.45, 7) is 9.64. The van der Waals surface area contributed by atoms with Gasteiger partial charge in [-0.1, -0.05) is 34.9 Å². The number of hydrogen-bond donors (Lipinski definition) is 1. The Morgan fingerprint density at radius 1 is 0.767 bits per heavy atom. The minimum Gasteiger partial charge on any atom is -0.478 e. The summed E-state index contributed by atoms with van der Waals surface area (Å²) in [4.78, 5) is 32.7. The average molecular weight is 417 g/mol. The van der Waals surface area contributed by atoms with E-state index >= 15 is 0 Å². The van der Waals surface area contributed by atoms with Crippen LogP contribution in [0.5, 0.6) is 0 Å². The molecule has 0 aliphatic rings. The van der Waals surface area contributed by atoms with Crippen LogP contribution in [0.3, 0.4) is 0 Å². The van der Waals surface area contributed by atoms with Crippen LogP contribution in [0.4, 0.5) is 0 Å². The highest BCUT2D eigenvalue weighted by atomic mass is 16.5. The topological polar surface area (TPSA) is 80.7 Å². The van der Waals surface area contributed by atoms with Gasteiger partial charge in [0.1, 0.15) is 12.9 Å². The van der Waals surface area contributed by atoms with Gasteiger partial charge in [0.05, 0.1) is 0 Å². The lowest BCUT2D eigenvalue weighted by molar-refractivity contribution is -0.138. The standard InChI is InChI=1S/C25H36O5/c1-19(9-6-10-20(2)12-8-14-22(4)18-26)11-7-13-21(3)15-16-30-25(29)23(5)17-24(27)28/h10-11,14-15,17-18H,6-9,12-13,16H2,1-5H3,(H,27,28). The van der Waals surface area contributed by atoms with E-state index in [1.165, 1.54) is 18.1 Å². The fourth-order valence-corrected chi connectivity index (χ4v) is 2.59. The van der Waals surface area contributed by atoms with Crippen molar-refractivity contribution >= 4 is 18.2 Å². The molecule has 0 heterocycles. The van der Waals surface area contributed by atoms with E-state index in [1.807, 2.05) is 26.0 Å². The molecule has 0 aliphatic heterocycles. The Morgan fingerprint density at radius 3 is 1.70 bits per heavy atom. The summed E-state index contributed by atoms with van der Waals surface area (Å²) < 4.78 is 5.04. The summed E-state index contributed by atoms with van der Waals surface area (Å²) in [7, 11) is 0. The average Bonchev–Trinajstić information content (AvgIpc) is 2.67. The molecule has 0 saturated carbocycles. The molecule has 0 amide bonds. The van der Waals surface area contributed by atoms with E-state index in [4.69, 9.17) is 9.84 Å². The van der Waals surface area contributed by atoms with Crippen molar-refractivity contribution in [3.8, 4) is 0 Å². The van der Waals surface area contributed by atoms with E-state index in [-0.39, 0.29) is 12.2 Å². The number of carbonyl (C=O) groups is 3. The number of aliphatic carboxylic acids is 1. The first-order valence-corrected chi connectivity index (χ1v) is 10.3. The lowest BCUT2D eigenvalue weighted by Gasteiger charge is -2.04. The SMILES string of the molecule is CC(C=O)=CCCC(C)=CCCC(C)=CCCC(C)=CCOC(=O)C(C)=CC(=O)O. The number of carboxylic acids is 1. The van der Waals surface area contributed by atoms with Crippen LogP contribution < -0.4 is 0 Å². The van der Waals surface area contributed by atoms with Gasteiger partial charge in [0.15, 0.2) is 0 Å². The van der Waals surface area contributed by atoms with E-state index in [0.29, 0.717) is 0 Å². The maximum absolute atomic E-state index is 11.6. The predicted molar refractivity (Wildman–Crippen MR) is 121 cm³/mol. The maximum atomic E-state index is 11.6. The van der Waals surface area contributed by atoms with Crippen molar-refractivity contribution in [1.29, 1.82) is 0 Å². The Labute approximate surface area is 180 Å². The van der Waals surface area contributed by atoms with Crippen molar-refractivity contribution in [2.24, 2.45) is 0 Å². The molecular formula is C25H36O5. The molecule has 166 valence electrons. The zero-order chi connectivity index (χ0) is 22.9. The molecule has 0 radical (unpaired) electrons. The molecule has 0 atom stereocenters. The first-order valence-electron chi connectivity index (χ1n) is 10.3. The molecule has 0 saturated heterocycles. The van der Waals surface area contributed by atoms with Crippen molar-refractivity contribution in [1.82, 2.24) is 0 Å². The maximum Gasteiger partial charge on any atom is 0.334 e. The molecule has 0 fully saturated rings. The third kappa shape index (κ3) is 15.3. The van der Waals surface area contributed by atoms with E-state index in [1.54, 1.807) is 0 Å². The second kappa shape index (κ2) is 16.1. The number of carboxylic acid groups (broad SMARTS) is 1. The Kier molecular flexibility index (Phi) is 14.7. The van der Waals surface area contributed by atoms with E-state index < -0.39 is 11.9 Å². The first-order chi connectivity index (χ1) is 14.1. The molecule has 5 heteroatoms. The van der Waals surface area contributed by atoms with Gasteiger partial charge >= 0.3 is 11.9 Å². The summed E-state index contributed by atoms with van der Waals surface area (Å²) in [6.07, 6.45) is 15.8. The third-order valence-electron chi connectivity index (χ3n) is 4.56. The van der Waals surface area contributed by atoms with Gasteiger partial charge in [-0.2, -0.15) is 0 Å². The zero-order valence-electron chi connectivity index (χ0n) is 19.0. The van der Waals surface area contributed by atoms with Crippen LogP contribution in [0.15, 0.2) is 58.2 Å². The highest BCUT2D eigenvalue weighted by Gasteiger charge is 2.06. The lowest BCUT2D eigenvalue weighted by Crippen LogP contribution is -2.07. The summed E-state index contributed by atoms with van der Waals surface area (Å²) in [6, 6.07) is 0. The monoisotopic (exact) mass is 416 g/mol. The summed E-state index contributed by atoms with van der Waals surface area (Å²) >= 11 is 0. The molecule has 0 spiro atoms. The number of carbonyl (C=O) groups excluding carboxylic acids is 2. The molecule has 0 aromatic carbocycles. The van der Waals surface area contributed by atoms with Crippen LogP contribution in [0.1, 0.15) is 73.1 Å². The zero-order valence-corrected chi connectivity index (χ0v) is 19.0. The van der Waals surface area contributed by atoms with E-state index in [9.17, 15) is 14.4 Å². The highest BCUT2D eigenvalue weighted by Crippen LogP contribution is 2.13. The van der Waals surface area contributed by atoms with Crippen LogP contribution in [0, 0.1) is 0 Å². The second-order valence-corrected chi connectivity index (χ2v) is 7.60. The molecule has 30 heavy (non-hydrogen) atoms. The number of hydrogen-bond acceptors (Lipinski definition) is 4. The summed E-state index contributed by atoms with van der Waals surface area (Å²) in [5.41, 5.74) is 4.68. The van der Waals surface area contributed by atoms with Gasteiger partial charge in [0.25, 0.3) is 0 Å². The molecule has 0 bridgehead atoms. The third-order valence-corrected chi connectivity index (χ3v) is 4.56. The van der Waals surface area contributed by atoms with E-state index in [0.717, 1.165) is 62.0 Å². The summed E-state index contributed by atoms with van der Waals surface area (Å²) in [5, 5.41) is 8.61. The van der Waals surface area contributed by atoms with Gasteiger partial charge in [0, 0.05) is 11.6 Å². The number of ether oxygens (including phenoxy) is 1. The van der Waals surface area contributed by atoms with Crippen molar-refractivity contribution < 1.29 is 24.2 Å². The van der Waals surface area contributed by atoms with Gasteiger partial charge in [-0.3, -0.25) is 4.79 Å². The van der Waals surface area contributed by atoms with E-state index in [2.05, 4.69) is 26.0 Å². The van der Waals surface area contributed by atoms with Gasteiger partial charge in [-0.15, -0.1) is 0 Å². The molecule has 0 rings (SSSR count). The Bertz CT molecular complexity index is 733. The highest BCUT2D eigenvalue weighted by molar-refractivity contribution is 5.95. The fraction of sp³-hybridized carbons (Fsp3) is 0.480. The Hall–Kier alpha value is -2.69. The van der Waals surface area contributed by atoms with Crippen LogP contribution in [-0.4, -0.2) is 29.9 Å². The minimum absolute atomic E-state index is 0.0731.